The van der Waals surface area contributed by atoms with Crippen LogP contribution in [-0.2, 0) is 21.4 Å². The highest BCUT2D eigenvalue weighted by Gasteiger charge is 2.24. The van der Waals surface area contributed by atoms with E-state index in [2.05, 4.69) is 0 Å². The van der Waals surface area contributed by atoms with Gasteiger partial charge in [0.15, 0.2) is 11.5 Å². The Morgan fingerprint density at radius 2 is 1.56 bits per heavy atom. The molecule has 168 valence electrons. The van der Waals surface area contributed by atoms with E-state index >= 15 is 0 Å². The van der Waals surface area contributed by atoms with Gasteiger partial charge in [0, 0.05) is 12.1 Å². The van der Waals surface area contributed by atoms with Crippen molar-refractivity contribution < 1.29 is 27.4 Å². The SMILES string of the molecule is CCN(c1ccccc1)S(=O)(=O)c1ccc(C(=O)OCc2cccc(OC)c2OC)cc1. The van der Waals surface area contributed by atoms with Crippen molar-refractivity contribution >= 4 is 21.7 Å². The number of ether oxygens (including phenoxy) is 3. The highest BCUT2D eigenvalue weighted by atomic mass is 32.2. The number of hydrogen-bond donors (Lipinski definition) is 0. The number of anilines is 1. The fourth-order valence-corrected chi connectivity index (χ4v) is 4.74. The zero-order valence-electron chi connectivity index (χ0n) is 18.1. The van der Waals surface area contributed by atoms with E-state index in [-0.39, 0.29) is 23.6 Å². The second kappa shape index (κ2) is 10.2. The molecule has 0 radical (unpaired) electrons. The molecule has 0 saturated carbocycles. The molecule has 0 aromatic heterocycles. The van der Waals surface area contributed by atoms with Crippen molar-refractivity contribution in [3.63, 3.8) is 0 Å². The molecule has 8 heteroatoms. The normalized spacial score (nSPS) is 11.0. The summed E-state index contributed by atoms with van der Waals surface area (Å²) in [5, 5.41) is 0. The van der Waals surface area contributed by atoms with Gasteiger partial charge in [-0.2, -0.15) is 0 Å². The molecule has 0 heterocycles. The molecule has 3 aromatic carbocycles. The number of sulfonamides is 1. The van der Waals surface area contributed by atoms with E-state index in [1.165, 1.54) is 42.8 Å². The number of methoxy groups -OCH3 is 2. The van der Waals surface area contributed by atoms with Gasteiger partial charge >= 0.3 is 5.97 Å². The summed E-state index contributed by atoms with van der Waals surface area (Å²) in [6.45, 7) is 2.03. The first kappa shape index (κ1) is 23.1. The van der Waals surface area contributed by atoms with Crippen LogP contribution in [0.3, 0.4) is 0 Å². The summed E-state index contributed by atoms with van der Waals surface area (Å²) in [5.74, 6) is 0.452. The van der Waals surface area contributed by atoms with Crippen molar-refractivity contribution in [1.29, 1.82) is 0 Å². The van der Waals surface area contributed by atoms with Crippen molar-refractivity contribution in [1.82, 2.24) is 0 Å². The van der Waals surface area contributed by atoms with Crippen LogP contribution in [0.1, 0.15) is 22.8 Å². The van der Waals surface area contributed by atoms with E-state index in [0.29, 0.717) is 22.7 Å². The largest absolute Gasteiger partial charge is 0.493 e. The molecule has 7 nitrogen and oxygen atoms in total. The highest BCUT2D eigenvalue weighted by molar-refractivity contribution is 7.92. The topological polar surface area (TPSA) is 82.1 Å². The monoisotopic (exact) mass is 455 g/mol. The summed E-state index contributed by atoms with van der Waals surface area (Å²) in [5.41, 5.74) is 1.47. The number of rotatable bonds is 9. The Morgan fingerprint density at radius 3 is 2.16 bits per heavy atom. The standard InChI is InChI=1S/C24H25NO6S/c1-4-25(20-10-6-5-7-11-20)32(27,28)21-15-13-18(14-16-21)24(26)31-17-19-9-8-12-22(29-2)23(19)30-3/h5-16H,4,17H2,1-3H3. The smallest absolute Gasteiger partial charge is 0.338 e. The molecule has 0 aliphatic rings. The Kier molecular flexibility index (Phi) is 7.37. The lowest BCUT2D eigenvalue weighted by Gasteiger charge is -2.23. The lowest BCUT2D eigenvalue weighted by Crippen LogP contribution is -2.30. The molecule has 3 aromatic rings. The number of carbonyl (C=O) groups is 1. The number of esters is 1. The van der Waals surface area contributed by atoms with Crippen molar-refractivity contribution in [3.05, 3.63) is 83.9 Å². The van der Waals surface area contributed by atoms with Crippen molar-refractivity contribution in [2.45, 2.75) is 18.4 Å². The summed E-state index contributed by atoms with van der Waals surface area (Å²) in [6, 6.07) is 19.8. The van der Waals surface area contributed by atoms with Crippen LogP contribution in [-0.4, -0.2) is 35.2 Å². The van der Waals surface area contributed by atoms with Gasteiger partial charge in [-0.25, -0.2) is 13.2 Å². The molecule has 0 atom stereocenters. The fourth-order valence-electron chi connectivity index (χ4n) is 3.27. The Labute approximate surface area is 188 Å². The number of para-hydroxylation sites is 2. The van der Waals surface area contributed by atoms with Crippen LogP contribution in [0.2, 0.25) is 0 Å². The van der Waals surface area contributed by atoms with Gasteiger partial charge < -0.3 is 14.2 Å². The molecule has 0 aliphatic carbocycles. The first-order valence-electron chi connectivity index (χ1n) is 9.97. The van der Waals surface area contributed by atoms with E-state index < -0.39 is 16.0 Å². The molecule has 0 saturated heterocycles. The molecular formula is C24H25NO6S. The van der Waals surface area contributed by atoms with Gasteiger partial charge in [-0.15, -0.1) is 0 Å². The fraction of sp³-hybridized carbons (Fsp3) is 0.208. The summed E-state index contributed by atoms with van der Waals surface area (Å²) in [7, 11) is -0.728. The van der Waals surface area contributed by atoms with Gasteiger partial charge in [0.2, 0.25) is 0 Å². The minimum absolute atomic E-state index is 0.0170. The first-order valence-corrected chi connectivity index (χ1v) is 11.4. The Bertz CT molecular complexity index is 1160. The minimum Gasteiger partial charge on any atom is -0.493 e. The molecule has 0 unspecified atom stereocenters. The third kappa shape index (κ3) is 4.86. The van der Waals surface area contributed by atoms with Crippen LogP contribution in [0.25, 0.3) is 0 Å². The minimum atomic E-state index is -3.77. The summed E-state index contributed by atoms with van der Waals surface area (Å²) >= 11 is 0. The summed E-state index contributed by atoms with van der Waals surface area (Å²) in [4.78, 5) is 12.6. The highest BCUT2D eigenvalue weighted by Crippen LogP contribution is 2.31. The molecule has 32 heavy (non-hydrogen) atoms. The lowest BCUT2D eigenvalue weighted by atomic mass is 10.2. The van der Waals surface area contributed by atoms with Gasteiger partial charge in [0.05, 0.1) is 30.4 Å². The van der Waals surface area contributed by atoms with Gasteiger partial charge in [-0.05, 0) is 49.4 Å². The van der Waals surface area contributed by atoms with Crippen molar-refractivity contribution in [3.8, 4) is 11.5 Å². The van der Waals surface area contributed by atoms with Crippen molar-refractivity contribution in [2.24, 2.45) is 0 Å². The Hall–Kier alpha value is -3.52. The number of nitrogens with zero attached hydrogens (tertiary/aromatic N) is 1. The molecule has 0 spiro atoms. The quantitative estimate of drug-likeness (QED) is 0.448. The number of benzene rings is 3. The molecule has 0 N–H and O–H groups in total. The zero-order chi connectivity index (χ0) is 23.1. The van der Waals surface area contributed by atoms with Crippen LogP contribution < -0.4 is 13.8 Å². The predicted octanol–water partition coefficient (Wildman–Crippen LogP) is 4.28. The van der Waals surface area contributed by atoms with Crippen LogP contribution in [0.5, 0.6) is 11.5 Å². The van der Waals surface area contributed by atoms with E-state index in [1.807, 2.05) is 6.07 Å². The maximum absolute atomic E-state index is 13.1. The molecule has 3 rings (SSSR count). The zero-order valence-corrected chi connectivity index (χ0v) is 19.0. The van der Waals surface area contributed by atoms with Gasteiger partial charge in [-0.3, -0.25) is 4.31 Å². The van der Waals surface area contributed by atoms with Gasteiger partial charge in [-0.1, -0.05) is 30.3 Å². The average Bonchev–Trinajstić information content (AvgIpc) is 2.83. The third-order valence-corrected chi connectivity index (χ3v) is 6.77. The Morgan fingerprint density at radius 1 is 0.875 bits per heavy atom. The number of hydrogen-bond acceptors (Lipinski definition) is 6. The molecular weight excluding hydrogens is 430 g/mol. The second-order valence-corrected chi connectivity index (χ2v) is 8.62. The molecule has 0 fully saturated rings. The van der Waals surface area contributed by atoms with E-state index in [1.54, 1.807) is 49.4 Å². The summed E-state index contributed by atoms with van der Waals surface area (Å²) < 4.78 is 43.4. The van der Waals surface area contributed by atoms with E-state index in [4.69, 9.17) is 14.2 Å². The molecule has 0 amide bonds. The van der Waals surface area contributed by atoms with Gasteiger partial charge in [0.1, 0.15) is 6.61 Å². The predicted molar refractivity (Wildman–Crippen MR) is 122 cm³/mol. The third-order valence-electron chi connectivity index (χ3n) is 4.85. The second-order valence-electron chi connectivity index (χ2n) is 6.76. The lowest BCUT2D eigenvalue weighted by molar-refractivity contribution is 0.0469. The van der Waals surface area contributed by atoms with Gasteiger partial charge in [0.25, 0.3) is 10.0 Å². The average molecular weight is 456 g/mol. The van der Waals surface area contributed by atoms with Crippen LogP contribution in [0, 0.1) is 0 Å². The molecule has 0 bridgehead atoms. The maximum Gasteiger partial charge on any atom is 0.338 e. The maximum atomic E-state index is 13.1. The van der Waals surface area contributed by atoms with Crippen LogP contribution in [0.4, 0.5) is 5.69 Å². The van der Waals surface area contributed by atoms with E-state index in [9.17, 15) is 13.2 Å². The van der Waals surface area contributed by atoms with Crippen LogP contribution >= 0.6 is 0 Å². The Balaban J connectivity index is 1.75. The van der Waals surface area contributed by atoms with Crippen LogP contribution in [0.15, 0.2) is 77.7 Å². The number of carbonyl (C=O) groups excluding carboxylic acids is 1. The van der Waals surface area contributed by atoms with E-state index in [0.717, 1.165) is 0 Å². The summed E-state index contributed by atoms with van der Waals surface area (Å²) in [6.07, 6.45) is 0. The van der Waals surface area contributed by atoms with Crippen molar-refractivity contribution in [2.75, 3.05) is 25.1 Å². The molecule has 0 aliphatic heterocycles. The first-order chi connectivity index (χ1) is 15.4.